The van der Waals surface area contributed by atoms with E-state index in [1.807, 2.05) is 55.5 Å². The summed E-state index contributed by atoms with van der Waals surface area (Å²) in [5.74, 6) is 0.451. The first-order valence-corrected chi connectivity index (χ1v) is 8.23. The highest BCUT2D eigenvalue weighted by molar-refractivity contribution is 9.10. The van der Waals surface area contributed by atoms with E-state index in [2.05, 4.69) is 26.4 Å². The Kier molecular flexibility index (Phi) is 6.81. The molecule has 126 valence electrons. The molecule has 0 aliphatic carbocycles. The van der Waals surface area contributed by atoms with Crippen LogP contribution in [0.4, 0.5) is 0 Å². The fourth-order valence-corrected chi connectivity index (χ4v) is 2.78. The number of para-hydroxylation sites is 1. The Balaban J connectivity index is 1.83. The van der Waals surface area contributed by atoms with Gasteiger partial charge in [-0.05, 0) is 30.7 Å². The van der Waals surface area contributed by atoms with Crippen molar-refractivity contribution in [2.75, 3.05) is 13.7 Å². The second-order valence-electron chi connectivity index (χ2n) is 5.06. The van der Waals surface area contributed by atoms with Crippen LogP contribution in [0.25, 0.3) is 0 Å². The van der Waals surface area contributed by atoms with E-state index in [0.717, 1.165) is 15.6 Å². The first kappa shape index (κ1) is 18.0. The van der Waals surface area contributed by atoms with E-state index < -0.39 is 0 Å². The van der Waals surface area contributed by atoms with Crippen LogP contribution in [0, 0.1) is 0 Å². The molecule has 2 aromatic rings. The van der Waals surface area contributed by atoms with Crippen molar-refractivity contribution in [3.63, 3.8) is 0 Å². The van der Waals surface area contributed by atoms with E-state index in [9.17, 15) is 4.79 Å². The summed E-state index contributed by atoms with van der Waals surface area (Å²) < 4.78 is 6.16. The average molecular weight is 391 g/mol. The van der Waals surface area contributed by atoms with Gasteiger partial charge >= 0.3 is 0 Å². The van der Waals surface area contributed by atoms with Crippen molar-refractivity contribution in [2.24, 2.45) is 5.16 Å². The fourth-order valence-electron chi connectivity index (χ4n) is 2.15. The molecule has 0 aliphatic heterocycles. The molecule has 0 saturated carbocycles. The summed E-state index contributed by atoms with van der Waals surface area (Å²) >= 11 is 3.47. The molecule has 1 N–H and O–H groups in total. The summed E-state index contributed by atoms with van der Waals surface area (Å²) in [6, 6.07) is 15.0. The molecule has 6 heteroatoms. The maximum Gasteiger partial charge on any atom is 0.261 e. The number of hydrogen-bond acceptors (Lipinski definition) is 4. The number of nitrogens with zero attached hydrogens (tertiary/aromatic N) is 1. The number of nitrogens with one attached hydrogen (secondary N) is 1. The van der Waals surface area contributed by atoms with Gasteiger partial charge in [0.2, 0.25) is 0 Å². The number of benzene rings is 2. The van der Waals surface area contributed by atoms with Gasteiger partial charge in [0.15, 0.2) is 6.61 Å². The van der Waals surface area contributed by atoms with Crippen LogP contribution in [0.1, 0.15) is 24.1 Å². The zero-order valence-electron chi connectivity index (χ0n) is 13.5. The van der Waals surface area contributed by atoms with Crippen molar-refractivity contribution in [3.8, 4) is 5.75 Å². The molecule has 24 heavy (non-hydrogen) atoms. The molecule has 0 saturated heterocycles. The van der Waals surface area contributed by atoms with Crippen LogP contribution >= 0.6 is 15.9 Å². The van der Waals surface area contributed by atoms with Gasteiger partial charge in [0.25, 0.3) is 5.91 Å². The molecule has 0 fully saturated rings. The summed E-state index contributed by atoms with van der Waals surface area (Å²) in [4.78, 5) is 17.0. The van der Waals surface area contributed by atoms with E-state index in [4.69, 9.17) is 9.57 Å². The molecule has 0 aromatic heterocycles. The average Bonchev–Trinajstić information content (AvgIpc) is 2.59. The fraction of sp³-hybridized carbons (Fsp3) is 0.222. The monoisotopic (exact) mass is 390 g/mol. The normalized spacial score (nSPS) is 12.0. The van der Waals surface area contributed by atoms with Crippen LogP contribution in [0.2, 0.25) is 0 Å². The summed E-state index contributed by atoms with van der Waals surface area (Å²) in [6.45, 7) is 1.76. The SMILES string of the molecule is COc1ccccc1/C=N\OCC(=O)N[C@@H](C)c1ccccc1Br. The number of oxime groups is 1. The van der Waals surface area contributed by atoms with Crippen LogP contribution in [0.3, 0.4) is 0 Å². The van der Waals surface area contributed by atoms with E-state index in [-0.39, 0.29) is 18.6 Å². The summed E-state index contributed by atoms with van der Waals surface area (Å²) in [5.41, 5.74) is 1.78. The number of rotatable bonds is 7. The van der Waals surface area contributed by atoms with E-state index in [1.54, 1.807) is 7.11 Å². The number of halogens is 1. The third kappa shape index (κ3) is 5.09. The molecule has 1 atom stereocenters. The highest BCUT2D eigenvalue weighted by Crippen LogP contribution is 2.22. The third-order valence-electron chi connectivity index (χ3n) is 3.35. The molecule has 5 nitrogen and oxygen atoms in total. The minimum absolute atomic E-state index is 0.130. The summed E-state index contributed by atoms with van der Waals surface area (Å²) in [7, 11) is 1.59. The van der Waals surface area contributed by atoms with Gasteiger partial charge in [-0.15, -0.1) is 0 Å². The minimum atomic E-state index is -0.240. The predicted octanol–water partition coefficient (Wildman–Crippen LogP) is 3.69. The molecular formula is C18H19BrN2O3. The lowest BCUT2D eigenvalue weighted by Crippen LogP contribution is -2.29. The second-order valence-corrected chi connectivity index (χ2v) is 5.91. The number of amides is 1. The topological polar surface area (TPSA) is 59.9 Å². The summed E-state index contributed by atoms with van der Waals surface area (Å²) in [6.07, 6.45) is 1.52. The molecule has 0 aliphatic rings. The van der Waals surface area contributed by atoms with Gasteiger partial charge in [-0.1, -0.05) is 51.4 Å². The predicted molar refractivity (Wildman–Crippen MR) is 97.2 cm³/mol. The maximum atomic E-state index is 11.9. The van der Waals surface area contributed by atoms with Gasteiger partial charge in [-0.3, -0.25) is 4.79 Å². The lowest BCUT2D eigenvalue weighted by atomic mass is 10.1. The number of hydrogen-bond donors (Lipinski definition) is 1. The zero-order valence-corrected chi connectivity index (χ0v) is 15.1. The van der Waals surface area contributed by atoms with Gasteiger partial charge in [-0.2, -0.15) is 0 Å². The minimum Gasteiger partial charge on any atom is -0.496 e. The lowest BCUT2D eigenvalue weighted by molar-refractivity contribution is -0.126. The van der Waals surface area contributed by atoms with Gasteiger partial charge in [-0.25, -0.2) is 0 Å². The van der Waals surface area contributed by atoms with Crippen molar-refractivity contribution in [3.05, 3.63) is 64.1 Å². The zero-order chi connectivity index (χ0) is 17.4. The third-order valence-corrected chi connectivity index (χ3v) is 4.07. The first-order chi connectivity index (χ1) is 11.6. The highest BCUT2D eigenvalue weighted by atomic mass is 79.9. The van der Waals surface area contributed by atoms with Gasteiger partial charge in [0, 0.05) is 10.0 Å². The van der Waals surface area contributed by atoms with E-state index in [0.29, 0.717) is 5.75 Å². The standard InChI is InChI=1S/C18H19BrN2O3/c1-13(15-8-4-5-9-16(15)19)21-18(22)12-24-20-11-14-7-3-6-10-17(14)23-2/h3-11,13H,12H2,1-2H3,(H,21,22)/b20-11-/t13-/m0/s1. The van der Waals surface area contributed by atoms with E-state index >= 15 is 0 Å². The largest absolute Gasteiger partial charge is 0.496 e. The van der Waals surface area contributed by atoms with Crippen LogP contribution in [-0.2, 0) is 9.63 Å². The van der Waals surface area contributed by atoms with Crippen molar-refractivity contribution < 1.29 is 14.4 Å². The van der Waals surface area contributed by atoms with Crippen LogP contribution < -0.4 is 10.1 Å². The molecule has 0 spiro atoms. The molecule has 1 amide bonds. The van der Waals surface area contributed by atoms with Crippen LogP contribution in [0.5, 0.6) is 5.75 Å². The molecule has 0 bridgehead atoms. The Morgan fingerprint density at radius 2 is 1.96 bits per heavy atom. The highest BCUT2D eigenvalue weighted by Gasteiger charge is 2.12. The summed E-state index contributed by atoms with van der Waals surface area (Å²) in [5, 5.41) is 6.68. The number of carbonyl (C=O) groups excluding carboxylic acids is 1. The maximum absolute atomic E-state index is 11.9. The molecule has 0 radical (unpaired) electrons. The smallest absolute Gasteiger partial charge is 0.261 e. The Morgan fingerprint density at radius 3 is 2.71 bits per heavy atom. The van der Waals surface area contributed by atoms with Crippen LogP contribution in [0.15, 0.2) is 58.2 Å². The van der Waals surface area contributed by atoms with Crippen LogP contribution in [-0.4, -0.2) is 25.8 Å². The number of ether oxygens (including phenoxy) is 1. The molecule has 2 aromatic carbocycles. The van der Waals surface area contributed by atoms with Gasteiger partial charge in [0.05, 0.1) is 19.4 Å². The number of carbonyl (C=O) groups is 1. The molecular weight excluding hydrogens is 372 g/mol. The Bertz CT molecular complexity index is 719. The van der Waals surface area contributed by atoms with Gasteiger partial charge < -0.3 is 14.9 Å². The van der Waals surface area contributed by atoms with Gasteiger partial charge in [0.1, 0.15) is 5.75 Å². The Morgan fingerprint density at radius 1 is 1.25 bits per heavy atom. The number of methoxy groups -OCH3 is 1. The Labute approximate surface area is 149 Å². The van der Waals surface area contributed by atoms with Crippen molar-refractivity contribution in [2.45, 2.75) is 13.0 Å². The second kappa shape index (κ2) is 9.08. The molecule has 0 heterocycles. The van der Waals surface area contributed by atoms with Crippen molar-refractivity contribution in [1.29, 1.82) is 0 Å². The van der Waals surface area contributed by atoms with Crippen molar-refractivity contribution >= 4 is 28.1 Å². The quantitative estimate of drug-likeness (QED) is 0.579. The molecule has 2 rings (SSSR count). The lowest BCUT2D eigenvalue weighted by Gasteiger charge is -2.15. The van der Waals surface area contributed by atoms with E-state index in [1.165, 1.54) is 6.21 Å². The molecule has 0 unspecified atom stereocenters. The van der Waals surface area contributed by atoms with Crippen molar-refractivity contribution in [1.82, 2.24) is 5.32 Å². The first-order valence-electron chi connectivity index (χ1n) is 7.44. The Hall–Kier alpha value is -2.34.